The van der Waals surface area contributed by atoms with Gasteiger partial charge in [0.1, 0.15) is 5.75 Å². The molecule has 1 aliphatic rings. The van der Waals surface area contributed by atoms with Gasteiger partial charge in [-0.2, -0.15) is 0 Å². The van der Waals surface area contributed by atoms with E-state index < -0.39 is 6.36 Å². The van der Waals surface area contributed by atoms with Crippen LogP contribution in [0.4, 0.5) is 13.2 Å². The topological polar surface area (TPSA) is 21.3 Å². The smallest absolute Gasteiger partial charge is 0.405 e. The monoisotopic (exact) mass is 351 g/mol. The second-order valence-electron chi connectivity index (χ2n) is 5.08. The molecule has 1 aromatic rings. The molecule has 112 valence electrons. The van der Waals surface area contributed by atoms with E-state index in [2.05, 4.69) is 32.9 Å². The van der Waals surface area contributed by atoms with Crippen molar-refractivity contribution in [2.24, 2.45) is 5.92 Å². The standard InChI is InChI=1S/C14H17BrF3NO/c1-2-3-10-7-12(10)19-8-9-4-5-13(11(15)6-9)20-14(16,17)18/h4-6,10,12,19H,2-3,7-8H2,1H3. The molecular weight excluding hydrogens is 335 g/mol. The van der Waals surface area contributed by atoms with Crippen molar-refractivity contribution in [3.05, 3.63) is 28.2 Å². The Balaban J connectivity index is 1.86. The largest absolute Gasteiger partial charge is 0.573 e. The second-order valence-corrected chi connectivity index (χ2v) is 5.94. The minimum absolute atomic E-state index is 0.212. The van der Waals surface area contributed by atoms with E-state index in [-0.39, 0.29) is 5.75 Å². The van der Waals surface area contributed by atoms with Gasteiger partial charge in [0.05, 0.1) is 4.47 Å². The van der Waals surface area contributed by atoms with Crippen LogP contribution < -0.4 is 10.1 Å². The van der Waals surface area contributed by atoms with Gasteiger partial charge in [-0.05, 0) is 52.4 Å². The van der Waals surface area contributed by atoms with Crippen molar-refractivity contribution in [3.63, 3.8) is 0 Å². The summed E-state index contributed by atoms with van der Waals surface area (Å²) in [6.07, 6.45) is -1.04. The highest BCUT2D eigenvalue weighted by Crippen LogP contribution is 2.35. The summed E-state index contributed by atoms with van der Waals surface area (Å²) < 4.78 is 40.7. The van der Waals surface area contributed by atoms with Crippen molar-refractivity contribution in [1.29, 1.82) is 0 Å². The molecule has 2 nitrogen and oxygen atoms in total. The number of hydrogen-bond acceptors (Lipinski definition) is 2. The van der Waals surface area contributed by atoms with Gasteiger partial charge in [0.15, 0.2) is 0 Å². The van der Waals surface area contributed by atoms with Gasteiger partial charge in [-0.1, -0.05) is 19.4 Å². The van der Waals surface area contributed by atoms with Crippen LogP contribution in [-0.2, 0) is 6.54 Å². The maximum atomic E-state index is 12.1. The van der Waals surface area contributed by atoms with Crippen molar-refractivity contribution in [3.8, 4) is 5.75 Å². The Morgan fingerprint density at radius 3 is 2.75 bits per heavy atom. The fraction of sp³-hybridized carbons (Fsp3) is 0.571. The Hall–Kier alpha value is -0.750. The number of rotatable bonds is 6. The molecule has 0 amide bonds. The SMILES string of the molecule is CCCC1CC1NCc1ccc(OC(F)(F)F)c(Br)c1. The van der Waals surface area contributed by atoms with Gasteiger partial charge in [-0.3, -0.25) is 0 Å². The van der Waals surface area contributed by atoms with Gasteiger partial charge < -0.3 is 10.1 Å². The first-order valence-corrected chi connectivity index (χ1v) is 7.46. The highest BCUT2D eigenvalue weighted by atomic mass is 79.9. The van der Waals surface area contributed by atoms with E-state index in [1.54, 1.807) is 12.1 Å². The predicted molar refractivity (Wildman–Crippen MR) is 74.5 cm³/mol. The van der Waals surface area contributed by atoms with Gasteiger partial charge >= 0.3 is 6.36 Å². The van der Waals surface area contributed by atoms with Gasteiger partial charge in [-0.25, -0.2) is 0 Å². The fourth-order valence-corrected chi connectivity index (χ4v) is 2.81. The van der Waals surface area contributed by atoms with Crippen LogP contribution in [0.3, 0.4) is 0 Å². The number of alkyl halides is 3. The predicted octanol–water partition coefficient (Wildman–Crippen LogP) is 4.63. The van der Waals surface area contributed by atoms with Gasteiger partial charge in [0.2, 0.25) is 0 Å². The maximum absolute atomic E-state index is 12.1. The van der Waals surface area contributed by atoms with Crippen molar-refractivity contribution >= 4 is 15.9 Å². The summed E-state index contributed by atoms with van der Waals surface area (Å²) in [5.74, 6) is 0.549. The van der Waals surface area contributed by atoms with E-state index in [0.29, 0.717) is 17.1 Å². The summed E-state index contributed by atoms with van der Waals surface area (Å²) in [6, 6.07) is 5.20. The van der Waals surface area contributed by atoms with Crippen molar-refractivity contribution in [1.82, 2.24) is 5.32 Å². The summed E-state index contributed by atoms with van der Waals surface area (Å²) in [7, 11) is 0. The molecule has 0 aromatic heterocycles. The van der Waals surface area contributed by atoms with Gasteiger partial charge in [-0.15, -0.1) is 13.2 Å². The third-order valence-electron chi connectivity index (χ3n) is 3.37. The molecular formula is C14H17BrF3NO. The molecule has 2 rings (SSSR count). The molecule has 0 saturated heterocycles. The molecule has 2 unspecified atom stereocenters. The molecule has 1 aromatic carbocycles. The number of halogens is 4. The Morgan fingerprint density at radius 1 is 1.40 bits per heavy atom. The maximum Gasteiger partial charge on any atom is 0.573 e. The zero-order valence-corrected chi connectivity index (χ0v) is 12.7. The lowest BCUT2D eigenvalue weighted by Gasteiger charge is -2.12. The van der Waals surface area contributed by atoms with Gasteiger partial charge in [0.25, 0.3) is 0 Å². The van der Waals surface area contributed by atoms with Crippen LogP contribution in [0, 0.1) is 5.92 Å². The Labute approximate surface area is 124 Å². The Bertz CT molecular complexity index is 464. The lowest BCUT2D eigenvalue weighted by atomic mass is 10.2. The van der Waals surface area contributed by atoms with Gasteiger partial charge in [0, 0.05) is 12.6 Å². The normalized spacial score (nSPS) is 21.9. The average molecular weight is 352 g/mol. The summed E-state index contributed by atoms with van der Waals surface area (Å²) in [5.41, 5.74) is 0.938. The van der Waals surface area contributed by atoms with Crippen molar-refractivity contribution < 1.29 is 17.9 Å². The molecule has 20 heavy (non-hydrogen) atoms. The zero-order chi connectivity index (χ0) is 14.8. The molecule has 0 aliphatic heterocycles. The Kier molecular flexibility index (Phi) is 4.96. The third kappa shape index (κ3) is 4.66. The quantitative estimate of drug-likeness (QED) is 0.806. The van der Waals surface area contributed by atoms with Crippen LogP contribution in [-0.4, -0.2) is 12.4 Å². The van der Waals surface area contributed by atoms with Crippen molar-refractivity contribution in [2.75, 3.05) is 0 Å². The molecule has 0 radical (unpaired) electrons. The van der Waals surface area contributed by atoms with E-state index in [9.17, 15) is 13.2 Å². The summed E-state index contributed by atoms with van der Waals surface area (Å²) >= 11 is 3.11. The van der Waals surface area contributed by atoms with Crippen LogP contribution in [0.5, 0.6) is 5.75 Å². The molecule has 1 saturated carbocycles. The van der Waals surface area contributed by atoms with Crippen molar-refractivity contribution in [2.45, 2.75) is 45.1 Å². The van der Waals surface area contributed by atoms with E-state index >= 15 is 0 Å². The molecule has 0 heterocycles. The summed E-state index contributed by atoms with van der Waals surface area (Å²) in [4.78, 5) is 0. The molecule has 1 aliphatic carbocycles. The lowest BCUT2D eigenvalue weighted by Crippen LogP contribution is -2.19. The minimum atomic E-state index is -4.66. The lowest BCUT2D eigenvalue weighted by molar-refractivity contribution is -0.274. The van der Waals surface area contributed by atoms with Crippen LogP contribution in [0.2, 0.25) is 0 Å². The first-order chi connectivity index (χ1) is 9.39. The highest BCUT2D eigenvalue weighted by molar-refractivity contribution is 9.10. The van der Waals surface area contributed by atoms with E-state index in [1.165, 1.54) is 25.3 Å². The first kappa shape index (κ1) is 15.6. The highest BCUT2D eigenvalue weighted by Gasteiger charge is 2.35. The van der Waals surface area contributed by atoms with Crippen LogP contribution in [0.15, 0.2) is 22.7 Å². The minimum Gasteiger partial charge on any atom is -0.405 e. The van der Waals surface area contributed by atoms with E-state index in [0.717, 1.165) is 11.5 Å². The Morgan fingerprint density at radius 2 is 2.15 bits per heavy atom. The first-order valence-electron chi connectivity index (χ1n) is 6.66. The molecule has 2 atom stereocenters. The molecule has 1 N–H and O–H groups in total. The number of ether oxygens (including phenoxy) is 1. The molecule has 0 spiro atoms. The summed E-state index contributed by atoms with van der Waals surface area (Å²) in [5, 5.41) is 3.42. The fourth-order valence-electron chi connectivity index (χ4n) is 2.30. The number of hydrogen-bond donors (Lipinski definition) is 1. The molecule has 1 fully saturated rings. The van der Waals surface area contributed by atoms with Crippen LogP contribution in [0.1, 0.15) is 31.7 Å². The number of benzene rings is 1. The van der Waals surface area contributed by atoms with E-state index in [1.807, 2.05) is 0 Å². The molecule has 0 bridgehead atoms. The van der Waals surface area contributed by atoms with Crippen LogP contribution in [0.25, 0.3) is 0 Å². The molecule has 6 heteroatoms. The van der Waals surface area contributed by atoms with Crippen LogP contribution >= 0.6 is 15.9 Å². The van der Waals surface area contributed by atoms with E-state index in [4.69, 9.17) is 0 Å². The summed E-state index contributed by atoms with van der Waals surface area (Å²) in [6.45, 7) is 2.83. The third-order valence-corrected chi connectivity index (χ3v) is 3.99. The number of nitrogens with one attached hydrogen (secondary N) is 1. The second kappa shape index (κ2) is 6.35. The average Bonchev–Trinajstić information content (AvgIpc) is 3.07. The zero-order valence-electron chi connectivity index (χ0n) is 11.1.